The Bertz CT molecular complexity index is 1200. The lowest BCUT2D eigenvalue weighted by molar-refractivity contribution is -0.117. The van der Waals surface area contributed by atoms with E-state index in [1.54, 1.807) is 4.90 Å². The van der Waals surface area contributed by atoms with Crippen molar-refractivity contribution in [1.29, 1.82) is 0 Å². The van der Waals surface area contributed by atoms with Gasteiger partial charge in [-0.3, -0.25) is 15.0 Å². The van der Waals surface area contributed by atoms with Crippen molar-refractivity contribution in [2.45, 2.75) is 25.7 Å². The second-order valence-corrected chi connectivity index (χ2v) is 7.34. The lowest BCUT2D eigenvalue weighted by Gasteiger charge is -2.22. The number of aryl methyl sites for hydroxylation is 1. The van der Waals surface area contributed by atoms with Crippen LogP contribution in [0.25, 0.3) is 10.9 Å². The minimum absolute atomic E-state index is 0.0227. The minimum atomic E-state index is -1.08. The number of fused-ring (bicyclic) bond motifs is 1. The maximum Gasteiger partial charge on any atom is 0.284 e. The van der Waals surface area contributed by atoms with E-state index in [-0.39, 0.29) is 29.9 Å². The van der Waals surface area contributed by atoms with Gasteiger partial charge in [-0.15, -0.1) is 0 Å². The molecule has 1 aliphatic heterocycles. The summed E-state index contributed by atoms with van der Waals surface area (Å²) in [5.41, 5.74) is 1.65. The molecule has 1 fully saturated rings. The van der Waals surface area contributed by atoms with Crippen LogP contribution in [0.3, 0.4) is 0 Å². The van der Waals surface area contributed by atoms with E-state index in [2.05, 4.69) is 10.4 Å². The third-order valence-corrected chi connectivity index (χ3v) is 5.06. The molecule has 31 heavy (non-hydrogen) atoms. The zero-order chi connectivity index (χ0) is 22.1. The van der Waals surface area contributed by atoms with E-state index in [0.29, 0.717) is 19.2 Å². The standard InChI is InChI=1S/C21H18F4N4O2/c22-13-7-12(8-14(23)9-13)3-4-18(30)27-29-20(31)19-16(25)10-15(24)11-17(19)26-21(29)28-5-1-2-6-28/h7-11H,1-6H2,(H,27,30). The summed E-state index contributed by atoms with van der Waals surface area (Å²) in [5.74, 6) is -4.03. The molecule has 1 N–H and O–H groups in total. The molecule has 0 saturated carbocycles. The predicted molar refractivity (Wildman–Crippen MR) is 106 cm³/mol. The highest BCUT2D eigenvalue weighted by Crippen LogP contribution is 2.21. The van der Waals surface area contributed by atoms with Crippen molar-refractivity contribution in [1.82, 2.24) is 9.66 Å². The summed E-state index contributed by atoms with van der Waals surface area (Å²) >= 11 is 0. The molecule has 162 valence electrons. The van der Waals surface area contributed by atoms with E-state index in [1.165, 1.54) is 0 Å². The fourth-order valence-electron chi connectivity index (χ4n) is 3.64. The Morgan fingerprint density at radius 3 is 2.29 bits per heavy atom. The zero-order valence-corrected chi connectivity index (χ0v) is 16.3. The monoisotopic (exact) mass is 434 g/mol. The maximum atomic E-state index is 14.3. The average Bonchev–Trinajstić information content (AvgIpc) is 3.21. The van der Waals surface area contributed by atoms with E-state index in [1.807, 2.05) is 0 Å². The van der Waals surface area contributed by atoms with Crippen LogP contribution >= 0.6 is 0 Å². The number of nitrogens with one attached hydrogen (secondary N) is 1. The van der Waals surface area contributed by atoms with Crippen molar-refractivity contribution in [3.63, 3.8) is 0 Å². The van der Waals surface area contributed by atoms with Crippen molar-refractivity contribution >= 4 is 22.8 Å². The van der Waals surface area contributed by atoms with Gasteiger partial charge in [0.05, 0.1) is 5.52 Å². The van der Waals surface area contributed by atoms with Gasteiger partial charge in [0.15, 0.2) is 0 Å². The third kappa shape index (κ3) is 4.37. The molecule has 0 bridgehead atoms. The molecule has 10 heteroatoms. The summed E-state index contributed by atoms with van der Waals surface area (Å²) in [6.45, 7) is 1.13. The third-order valence-electron chi connectivity index (χ3n) is 5.06. The molecular formula is C21H18F4N4O2. The molecule has 0 radical (unpaired) electrons. The van der Waals surface area contributed by atoms with Gasteiger partial charge in [-0.2, -0.15) is 4.68 Å². The predicted octanol–water partition coefficient (Wildman–Crippen LogP) is 3.26. The zero-order valence-electron chi connectivity index (χ0n) is 16.3. The van der Waals surface area contributed by atoms with Gasteiger partial charge in [-0.05, 0) is 37.0 Å². The molecule has 1 amide bonds. The van der Waals surface area contributed by atoms with Gasteiger partial charge in [-0.25, -0.2) is 22.5 Å². The molecule has 2 aromatic carbocycles. The van der Waals surface area contributed by atoms with E-state index in [4.69, 9.17) is 0 Å². The molecule has 3 aromatic rings. The van der Waals surface area contributed by atoms with Gasteiger partial charge in [0, 0.05) is 37.7 Å². The first kappa shape index (κ1) is 20.8. The van der Waals surface area contributed by atoms with Crippen molar-refractivity contribution in [3.8, 4) is 0 Å². The number of anilines is 1. The van der Waals surface area contributed by atoms with Crippen LogP contribution in [-0.2, 0) is 11.2 Å². The van der Waals surface area contributed by atoms with Gasteiger partial charge in [-0.1, -0.05) is 0 Å². The number of carbonyl (C=O) groups excluding carboxylic acids is 1. The van der Waals surface area contributed by atoms with Crippen LogP contribution in [-0.4, -0.2) is 28.7 Å². The summed E-state index contributed by atoms with van der Waals surface area (Å²) in [6, 6.07) is 4.48. The molecule has 0 unspecified atom stereocenters. The summed E-state index contributed by atoms with van der Waals surface area (Å²) in [6.07, 6.45) is 1.52. The Balaban J connectivity index is 1.66. The van der Waals surface area contributed by atoms with Gasteiger partial charge < -0.3 is 4.90 Å². The topological polar surface area (TPSA) is 67.2 Å². The van der Waals surface area contributed by atoms with E-state index < -0.39 is 40.1 Å². The van der Waals surface area contributed by atoms with Crippen LogP contribution in [0, 0.1) is 23.3 Å². The number of rotatable bonds is 5. The van der Waals surface area contributed by atoms with Gasteiger partial charge in [0.2, 0.25) is 11.9 Å². The molecule has 1 aromatic heterocycles. The highest BCUT2D eigenvalue weighted by Gasteiger charge is 2.23. The van der Waals surface area contributed by atoms with E-state index >= 15 is 0 Å². The quantitative estimate of drug-likeness (QED) is 0.626. The van der Waals surface area contributed by atoms with Crippen molar-refractivity contribution < 1.29 is 22.4 Å². The first-order valence-electron chi connectivity index (χ1n) is 9.73. The van der Waals surface area contributed by atoms with Crippen LogP contribution in [0.4, 0.5) is 23.5 Å². The van der Waals surface area contributed by atoms with Crippen LogP contribution < -0.4 is 15.9 Å². The largest absolute Gasteiger partial charge is 0.341 e. The molecule has 6 nitrogen and oxygen atoms in total. The van der Waals surface area contributed by atoms with Crippen LogP contribution in [0.15, 0.2) is 35.1 Å². The smallest absolute Gasteiger partial charge is 0.284 e. The Labute approximate surface area is 174 Å². The van der Waals surface area contributed by atoms with E-state index in [0.717, 1.165) is 41.8 Å². The minimum Gasteiger partial charge on any atom is -0.341 e. The van der Waals surface area contributed by atoms with Crippen molar-refractivity contribution in [2.24, 2.45) is 0 Å². The summed E-state index contributed by atoms with van der Waals surface area (Å²) < 4.78 is 55.4. The summed E-state index contributed by atoms with van der Waals surface area (Å²) in [5, 5.41) is -0.447. The normalized spacial score (nSPS) is 13.7. The number of aromatic nitrogens is 2. The first-order valence-corrected chi connectivity index (χ1v) is 9.73. The number of carbonyl (C=O) groups is 1. The van der Waals surface area contributed by atoms with E-state index in [9.17, 15) is 27.2 Å². The maximum absolute atomic E-state index is 14.3. The molecular weight excluding hydrogens is 416 g/mol. The lowest BCUT2D eigenvalue weighted by Crippen LogP contribution is -2.39. The summed E-state index contributed by atoms with van der Waals surface area (Å²) in [7, 11) is 0. The number of amides is 1. The highest BCUT2D eigenvalue weighted by molar-refractivity contribution is 5.86. The average molecular weight is 434 g/mol. The molecule has 0 aliphatic carbocycles. The highest BCUT2D eigenvalue weighted by atomic mass is 19.1. The number of halogens is 4. The molecule has 0 atom stereocenters. The number of nitrogens with zero attached hydrogens (tertiary/aromatic N) is 3. The molecule has 1 aliphatic rings. The second-order valence-electron chi connectivity index (χ2n) is 7.34. The molecule has 2 heterocycles. The van der Waals surface area contributed by atoms with Crippen molar-refractivity contribution in [2.75, 3.05) is 23.4 Å². The SMILES string of the molecule is O=C(CCc1cc(F)cc(F)c1)Nn1c(N2CCCC2)nc2cc(F)cc(F)c2c1=O. The first-order chi connectivity index (χ1) is 14.8. The fourth-order valence-corrected chi connectivity index (χ4v) is 3.64. The van der Waals surface area contributed by atoms with Gasteiger partial charge >= 0.3 is 0 Å². The molecule has 4 rings (SSSR count). The number of benzene rings is 2. The second kappa shape index (κ2) is 8.37. The van der Waals surface area contributed by atoms with Crippen LogP contribution in [0.2, 0.25) is 0 Å². The van der Waals surface area contributed by atoms with Crippen LogP contribution in [0.1, 0.15) is 24.8 Å². The Kier molecular flexibility index (Phi) is 5.62. The lowest BCUT2D eigenvalue weighted by atomic mass is 10.1. The Morgan fingerprint density at radius 1 is 0.968 bits per heavy atom. The number of hydrogen-bond acceptors (Lipinski definition) is 4. The molecule has 0 spiro atoms. The fraction of sp³-hybridized carbons (Fsp3) is 0.286. The Morgan fingerprint density at radius 2 is 1.61 bits per heavy atom. The van der Waals surface area contributed by atoms with Gasteiger partial charge in [0.1, 0.15) is 28.7 Å². The summed E-state index contributed by atoms with van der Waals surface area (Å²) in [4.78, 5) is 31.4. The van der Waals surface area contributed by atoms with Gasteiger partial charge in [0.25, 0.3) is 5.56 Å². The van der Waals surface area contributed by atoms with Crippen LogP contribution in [0.5, 0.6) is 0 Å². The molecule has 1 saturated heterocycles. The number of hydrogen-bond donors (Lipinski definition) is 1. The van der Waals surface area contributed by atoms with Crippen molar-refractivity contribution in [3.05, 3.63) is 69.5 Å². The Hall–Kier alpha value is -3.43.